The summed E-state index contributed by atoms with van der Waals surface area (Å²) in [6.07, 6.45) is 0.958. The molecule has 0 aliphatic heterocycles. The Bertz CT molecular complexity index is 1490. The molecule has 154 valence electrons. The molecule has 1 heteroatoms. The lowest BCUT2D eigenvalue weighted by Gasteiger charge is -2.18. The zero-order chi connectivity index (χ0) is 21.5. The van der Waals surface area contributed by atoms with Crippen LogP contribution in [-0.4, -0.2) is 5.11 Å². The molecular weight excluding hydrogens is 388 g/mol. The van der Waals surface area contributed by atoms with Crippen LogP contribution >= 0.6 is 0 Å². The smallest absolute Gasteiger partial charge is 0.0805 e. The first kappa shape index (κ1) is 19.0. The van der Waals surface area contributed by atoms with Gasteiger partial charge in [0.05, 0.1) is 6.10 Å². The van der Waals surface area contributed by atoms with Crippen molar-refractivity contribution in [1.29, 1.82) is 0 Å². The van der Waals surface area contributed by atoms with Crippen LogP contribution in [0.2, 0.25) is 0 Å². The first-order chi connectivity index (χ1) is 15.8. The lowest BCUT2D eigenvalue weighted by Crippen LogP contribution is -2.03. The number of benzene rings is 6. The van der Waals surface area contributed by atoms with E-state index in [0.29, 0.717) is 6.42 Å². The summed E-state index contributed by atoms with van der Waals surface area (Å²) in [5.41, 5.74) is 2.37. The van der Waals surface area contributed by atoms with Gasteiger partial charge in [-0.1, -0.05) is 97.1 Å². The fraction of sp³-hybridized carbons (Fsp3) is 0.0968. The van der Waals surface area contributed by atoms with Crippen LogP contribution in [0.5, 0.6) is 0 Å². The van der Waals surface area contributed by atoms with Crippen LogP contribution < -0.4 is 0 Å². The Hall–Kier alpha value is -3.68. The minimum absolute atomic E-state index is 0.538. The van der Waals surface area contributed by atoms with Gasteiger partial charge in [-0.3, -0.25) is 0 Å². The van der Waals surface area contributed by atoms with Gasteiger partial charge in [0.15, 0.2) is 0 Å². The van der Waals surface area contributed by atoms with E-state index in [1.54, 1.807) is 0 Å². The van der Waals surface area contributed by atoms with Gasteiger partial charge in [-0.2, -0.15) is 0 Å². The maximum atomic E-state index is 11.5. The molecule has 0 saturated heterocycles. The van der Waals surface area contributed by atoms with Gasteiger partial charge in [0.1, 0.15) is 0 Å². The summed E-state index contributed by atoms with van der Waals surface area (Å²) < 4.78 is 0. The molecule has 32 heavy (non-hydrogen) atoms. The third kappa shape index (κ3) is 3.14. The molecule has 6 aromatic carbocycles. The number of rotatable bonds is 4. The van der Waals surface area contributed by atoms with Gasteiger partial charge < -0.3 is 5.11 Å². The first-order valence-corrected chi connectivity index (χ1v) is 11.3. The molecule has 1 atom stereocenters. The minimum atomic E-state index is -0.538. The van der Waals surface area contributed by atoms with Crippen molar-refractivity contribution < 1.29 is 5.11 Å². The molecule has 0 saturated carbocycles. The molecule has 0 spiro atoms. The van der Waals surface area contributed by atoms with E-state index < -0.39 is 6.10 Å². The molecule has 0 aliphatic rings. The Morgan fingerprint density at radius 3 is 1.34 bits per heavy atom. The number of aliphatic hydroxyl groups excluding tert-OH is 1. The second-order valence-corrected chi connectivity index (χ2v) is 8.58. The highest BCUT2D eigenvalue weighted by atomic mass is 16.3. The second-order valence-electron chi connectivity index (χ2n) is 8.58. The van der Waals surface area contributed by atoms with Crippen LogP contribution in [0.1, 0.15) is 23.7 Å². The van der Waals surface area contributed by atoms with Crippen molar-refractivity contribution in [3.63, 3.8) is 0 Å². The van der Waals surface area contributed by atoms with Gasteiger partial charge in [0, 0.05) is 0 Å². The molecular formula is C31H24O. The summed E-state index contributed by atoms with van der Waals surface area (Å²) in [4.78, 5) is 0. The monoisotopic (exact) mass is 412 g/mol. The highest BCUT2D eigenvalue weighted by Crippen LogP contribution is 2.36. The maximum Gasteiger partial charge on any atom is 0.0805 e. The quantitative estimate of drug-likeness (QED) is 0.291. The van der Waals surface area contributed by atoms with E-state index in [2.05, 4.69) is 109 Å². The van der Waals surface area contributed by atoms with Gasteiger partial charge in [-0.05, 0) is 79.2 Å². The third-order valence-electron chi connectivity index (χ3n) is 6.70. The summed E-state index contributed by atoms with van der Waals surface area (Å²) >= 11 is 0. The molecule has 1 unspecified atom stereocenters. The highest BCUT2D eigenvalue weighted by molar-refractivity contribution is 6.03. The zero-order valence-corrected chi connectivity index (χ0v) is 17.8. The lowest BCUT2D eigenvalue weighted by molar-refractivity contribution is 0.171. The summed E-state index contributed by atoms with van der Waals surface area (Å²) in [6.45, 7) is 0. The molecule has 0 fully saturated rings. The predicted molar refractivity (Wildman–Crippen MR) is 136 cm³/mol. The Labute approximate surface area is 187 Å². The number of hydrogen-bond acceptors (Lipinski definition) is 1. The van der Waals surface area contributed by atoms with Crippen LogP contribution in [0.15, 0.2) is 109 Å². The Balaban J connectivity index is 1.47. The van der Waals surface area contributed by atoms with E-state index >= 15 is 0 Å². The van der Waals surface area contributed by atoms with Crippen molar-refractivity contribution in [2.45, 2.75) is 18.9 Å². The van der Waals surface area contributed by atoms with Crippen LogP contribution in [0.3, 0.4) is 0 Å². The topological polar surface area (TPSA) is 20.2 Å². The predicted octanol–water partition coefficient (Wildman–Crippen LogP) is 7.97. The molecule has 0 aromatic heterocycles. The largest absolute Gasteiger partial charge is 0.388 e. The fourth-order valence-corrected chi connectivity index (χ4v) is 5.21. The molecule has 6 aromatic rings. The van der Waals surface area contributed by atoms with Gasteiger partial charge >= 0.3 is 0 Å². The lowest BCUT2D eigenvalue weighted by atomic mass is 9.89. The molecule has 0 aliphatic carbocycles. The average Bonchev–Trinajstić information content (AvgIpc) is 2.84. The van der Waals surface area contributed by atoms with Crippen molar-refractivity contribution in [2.75, 3.05) is 0 Å². The second kappa shape index (κ2) is 7.78. The zero-order valence-electron chi connectivity index (χ0n) is 17.8. The summed E-state index contributed by atoms with van der Waals surface area (Å²) in [5, 5.41) is 21.2. The Morgan fingerprint density at radius 1 is 0.500 bits per heavy atom. The van der Waals surface area contributed by atoms with Crippen molar-refractivity contribution in [3.8, 4) is 0 Å². The first-order valence-electron chi connectivity index (χ1n) is 11.3. The number of hydrogen-bond donors (Lipinski definition) is 1. The molecule has 1 N–H and O–H groups in total. The van der Waals surface area contributed by atoms with E-state index in [9.17, 15) is 5.11 Å². The number of fused-ring (bicyclic) bond motifs is 4. The maximum absolute atomic E-state index is 11.5. The van der Waals surface area contributed by atoms with E-state index in [0.717, 1.165) is 22.8 Å². The van der Waals surface area contributed by atoms with Crippen molar-refractivity contribution >= 4 is 43.1 Å². The number of aryl methyl sites for hydroxylation is 1. The van der Waals surface area contributed by atoms with Gasteiger partial charge in [0.2, 0.25) is 0 Å². The normalized spacial score (nSPS) is 12.7. The van der Waals surface area contributed by atoms with Crippen LogP contribution in [0.25, 0.3) is 43.1 Å². The molecule has 0 radical (unpaired) electrons. The van der Waals surface area contributed by atoms with Crippen LogP contribution in [-0.2, 0) is 6.42 Å². The standard InChI is InChI=1S/C31H24O/c32-30(31-27-15-7-3-11-23(27)20-24-12-4-8-16-28(24)31)18-17-29-25-13-5-1-9-21(25)19-22-10-2-6-14-26(22)29/h1-16,19-20,30,32H,17-18H2. The molecule has 1 nitrogen and oxygen atoms in total. The minimum Gasteiger partial charge on any atom is -0.388 e. The van der Waals surface area contributed by atoms with E-state index in [1.807, 2.05) is 0 Å². The molecule has 0 heterocycles. The van der Waals surface area contributed by atoms with E-state index in [4.69, 9.17) is 0 Å². The summed E-state index contributed by atoms with van der Waals surface area (Å²) in [6, 6.07) is 38.4. The molecule has 6 rings (SSSR count). The molecule has 0 amide bonds. The van der Waals surface area contributed by atoms with Crippen molar-refractivity contribution in [3.05, 3.63) is 120 Å². The highest BCUT2D eigenvalue weighted by Gasteiger charge is 2.17. The van der Waals surface area contributed by atoms with E-state index in [-0.39, 0.29) is 0 Å². The van der Waals surface area contributed by atoms with E-state index in [1.165, 1.54) is 37.9 Å². The molecule has 0 bridgehead atoms. The summed E-state index contributed by atoms with van der Waals surface area (Å²) in [7, 11) is 0. The van der Waals surface area contributed by atoms with Crippen LogP contribution in [0, 0.1) is 0 Å². The van der Waals surface area contributed by atoms with Gasteiger partial charge in [-0.15, -0.1) is 0 Å². The van der Waals surface area contributed by atoms with Crippen molar-refractivity contribution in [2.24, 2.45) is 0 Å². The third-order valence-corrected chi connectivity index (χ3v) is 6.70. The van der Waals surface area contributed by atoms with Gasteiger partial charge in [0.25, 0.3) is 0 Å². The summed E-state index contributed by atoms with van der Waals surface area (Å²) in [5.74, 6) is 0. The number of aliphatic hydroxyl groups is 1. The van der Waals surface area contributed by atoms with Crippen molar-refractivity contribution in [1.82, 2.24) is 0 Å². The van der Waals surface area contributed by atoms with Gasteiger partial charge in [-0.25, -0.2) is 0 Å². The average molecular weight is 413 g/mol. The fourth-order valence-electron chi connectivity index (χ4n) is 5.21. The van der Waals surface area contributed by atoms with Crippen LogP contribution in [0.4, 0.5) is 0 Å². The Morgan fingerprint density at radius 2 is 0.875 bits per heavy atom. The Kier molecular flexibility index (Phi) is 4.63. The SMILES string of the molecule is OC(CCc1c2ccccc2cc2ccccc12)c1c2ccccc2cc2ccccc12.